The molecule has 0 unspecified atom stereocenters. The zero-order valence-corrected chi connectivity index (χ0v) is 15.0. The highest BCUT2D eigenvalue weighted by Gasteiger charge is 2.24. The van der Waals surface area contributed by atoms with Gasteiger partial charge in [0.25, 0.3) is 5.91 Å². The number of pyridine rings is 1. The van der Waals surface area contributed by atoms with E-state index in [0.29, 0.717) is 5.76 Å². The minimum Gasteiger partial charge on any atom is -0.455 e. The standard InChI is InChI=1S/C18H23N3O2S/c1-14-4-3-7-19-16(14)12-20-8-10-21(11-9-20)18(22)17-6-5-15(23-17)13-24-2/h3-7H,8-13H2,1-2H3. The van der Waals surface area contributed by atoms with Crippen molar-refractivity contribution in [3.63, 3.8) is 0 Å². The molecule has 2 aromatic heterocycles. The molecule has 3 heterocycles. The van der Waals surface area contributed by atoms with E-state index in [0.717, 1.165) is 49.9 Å². The number of amides is 1. The molecule has 1 aliphatic heterocycles. The molecule has 1 amide bonds. The maximum Gasteiger partial charge on any atom is 0.289 e. The van der Waals surface area contributed by atoms with Gasteiger partial charge in [0, 0.05) is 38.9 Å². The van der Waals surface area contributed by atoms with Crippen molar-refractivity contribution >= 4 is 17.7 Å². The van der Waals surface area contributed by atoms with Gasteiger partial charge in [-0.05, 0) is 36.9 Å². The maximum atomic E-state index is 12.5. The number of thioether (sulfide) groups is 1. The quantitative estimate of drug-likeness (QED) is 0.834. The zero-order chi connectivity index (χ0) is 16.9. The van der Waals surface area contributed by atoms with Gasteiger partial charge in [0.15, 0.2) is 5.76 Å². The Morgan fingerprint density at radius 1 is 1.25 bits per heavy atom. The average Bonchev–Trinajstić information content (AvgIpc) is 3.06. The lowest BCUT2D eigenvalue weighted by atomic mass is 10.2. The fourth-order valence-electron chi connectivity index (χ4n) is 2.87. The molecule has 0 aromatic carbocycles. The third-order valence-electron chi connectivity index (χ3n) is 4.31. The van der Waals surface area contributed by atoms with E-state index in [1.807, 2.05) is 29.5 Å². The van der Waals surface area contributed by atoms with Crippen molar-refractivity contribution in [1.82, 2.24) is 14.8 Å². The SMILES string of the molecule is CSCc1ccc(C(=O)N2CCN(Cc3ncccc3C)CC2)o1. The molecule has 24 heavy (non-hydrogen) atoms. The van der Waals surface area contributed by atoms with E-state index < -0.39 is 0 Å². The molecule has 0 spiro atoms. The van der Waals surface area contributed by atoms with Gasteiger partial charge < -0.3 is 9.32 Å². The molecule has 0 N–H and O–H groups in total. The lowest BCUT2D eigenvalue weighted by Gasteiger charge is -2.34. The van der Waals surface area contributed by atoms with E-state index in [9.17, 15) is 4.79 Å². The fraction of sp³-hybridized carbons (Fsp3) is 0.444. The van der Waals surface area contributed by atoms with E-state index in [1.165, 1.54) is 5.56 Å². The number of carbonyl (C=O) groups is 1. The first kappa shape index (κ1) is 17.0. The van der Waals surface area contributed by atoms with Crippen molar-refractivity contribution in [2.24, 2.45) is 0 Å². The highest BCUT2D eigenvalue weighted by atomic mass is 32.2. The van der Waals surface area contributed by atoms with E-state index >= 15 is 0 Å². The Balaban J connectivity index is 1.54. The molecule has 0 saturated carbocycles. The van der Waals surface area contributed by atoms with Gasteiger partial charge >= 0.3 is 0 Å². The van der Waals surface area contributed by atoms with Gasteiger partial charge in [0.1, 0.15) is 5.76 Å². The van der Waals surface area contributed by atoms with Crippen LogP contribution in [0.25, 0.3) is 0 Å². The van der Waals surface area contributed by atoms with Crippen LogP contribution in [0.4, 0.5) is 0 Å². The first-order valence-corrected chi connectivity index (χ1v) is 9.56. The van der Waals surface area contributed by atoms with Crippen molar-refractivity contribution in [2.75, 3.05) is 32.4 Å². The molecule has 0 atom stereocenters. The smallest absolute Gasteiger partial charge is 0.289 e. The molecule has 1 saturated heterocycles. The van der Waals surface area contributed by atoms with Crippen molar-refractivity contribution in [3.8, 4) is 0 Å². The van der Waals surface area contributed by atoms with Crippen LogP contribution < -0.4 is 0 Å². The second kappa shape index (κ2) is 7.85. The third-order valence-corrected chi connectivity index (χ3v) is 4.88. The third kappa shape index (κ3) is 3.99. The second-order valence-electron chi connectivity index (χ2n) is 6.03. The summed E-state index contributed by atoms with van der Waals surface area (Å²) in [5.41, 5.74) is 2.33. The summed E-state index contributed by atoms with van der Waals surface area (Å²) in [5.74, 6) is 2.10. The topological polar surface area (TPSA) is 49.6 Å². The normalized spacial score (nSPS) is 15.7. The number of aryl methyl sites for hydroxylation is 1. The highest BCUT2D eigenvalue weighted by Crippen LogP contribution is 2.17. The average molecular weight is 345 g/mol. The Labute approximate surface area is 147 Å². The van der Waals surface area contributed by atoms with Crippen molar-refractivity contribution in [1.29, 1.82) is 0 Å². The van der Waals surface area contributed by atoms with Crippen molar-refractivity contribution < 1.29 is 9.21 Å². The van der Waals surface area contributed by atoms with E-state index in [4.69, 9.17) is 4.42 Å². The maximum absolute atomic E-state index is 12.5. The van der Waals surface area contributed by atoms with Gasteiger partial charge in [-0.2, -0.15) is 11.8 Å². The Hall–Kier alpha value is -1.79. The van der Waals surface area contributed by atoms with E-state index in [2.05, 4.69) is 22.9 Å². The van der Waals surface area contributed by atoms with Crippen LogP contribution in [0, 0.1) is 6.92 Å². The van der Waals surface area contributed by atoms with Crippen LogP contribution in [0.1, 0.15) is 27.6 Å². The summed E-state index contributed by atoms with van der Waals surface area (Å²) >= 11 is 1.69. The largest absolute Gasteiger partial charge is 0.455 e. The summed E-state index contributed by atoms with van der Waals surface area (Å²) in [7, 11) is 0. The summed E-state index contributed by atoms with van der Waals surface area (Å²) in [4.78, 5) is 21.2. The molecular weight excluding hydrogens is 322 g/mol. The molecule has 6 heteroatoms. The predicted molar refractivity (Wildman–Crippen MR) is 96.1 cm³/mol. The van der Waals surface area contributed by atoms with Gasteiger partial charge in [-0.25, -0.2) is 0 Å². The monoisotopic (exact) mass is 345 g/mol. The van der Waals surface area contributed by atoms with Gasteiger partial charge in [-0.15, -0.1) is 0 Å². The van der Waals surface area contributed by atoms with E-state index in [-0.39, 0.29) is 5.91 Å². The minimum absolute atomic E-state index is 0.00369. The summed E-state index contributed by atoms with van der Waals surface area (Å²) in [5, 5.41) is 0. The second-order valence-corrected chi connectivity index (χ2v) is 6.90. The molecule has 3 rings (SSSR count). The molecule has 5 nitrogen and oxygen atoms in total. The molecule has 1 fully saturated rings. The van der Waals surface area contributed by atoms with Gasteiger partial charge in [-0.3, -0.25) is 14.7 Å². The Bertz CT molecular complexity index is 693. The number of hydrogen-bond donors (Lipinski definition) is 0. The van der Waals surface area contributed by atoms with Gasteiger partial charge in [-0.1, -0.05) is 6.07 Å². The number of hydrogen-bond acceptors (Lipinski definition) is 5. The van der Waals surface area contributed by atoms with Gasteiger partial charge in [0.2, 0.25) is 0 Å². The Morgan fingerprint density at radius 3 is 2.75 bits per heavy atom. The first-order chi connectivity index (χ1) is 11.7. The number of furan rings is 1. The van der Waals surface area contributed by atoms with Crippen LogP contribution in [-0.4, -0.2) is 53.1 Å². The van der Waals surface area contributed by atoms with Crippen LogP contribution in [0.15, 0.2) is 34.9 Å². The molecule has 0 aliphatic carbocycles. The number of nitrogens with zero attached hydrogens (tertiary/aromatic N) is 3. The molecule has 2 aromatic rings. The van der Waals surface area contributed by atoms with Gasteiger partial charge in [0.05, 0.1) is 11.4 Å². The predicted octanol–water partition coefficient (Wildman–Crippen LogP) is 2.80. The lowest BCUT2D eigenvalue weighted by Crippen LogP contribution is -2.48. The first-order valence-electron chi connectivity index (χ1n) is 8.17. The number of piperazine rings is 1. The fourth-order valence-corrected chi connectivity index (χ4v) is 3.31. The highest BCUT2D eigenvalue weighted by molar-refractivity contribution is 7.97. The summed E-state index contributed by atoms with van der Waals surface area (Å²) in [6.07, 6.45) is 3.86. The Morgan fingerprint density at radius 2 is 2.04 bits per heavy atom. The number of aromatic nitrogens is 1. The summed E-state index contributed by atoms with van der Waals surface area (Å²) in [6, 6.07) is 7.73. The molecule has 0 radical (unpaired) electrons. The molecule has 128 valence electrons. The minimum atomic E-state index is -0.00369. The van der Waals surface area contributed by atoms with Crippen LogP contribution in [0.5, 0.6) is 0 Å². The van der Waals surface area contributed by atoms with Crippen LogP contribution in [0.3, 0.4) is 0 Å². The number of carbonyl (C=O) groups excluding carboxylic acids is 1. The van der Waals surface area contributed by atoms with Crippen molar-refractivity contribution in [3.05, 3.63) is 53.2 Å². The zero-order valence-electron chi connectivity index (χ0n) is 14.2. The number of rotatable bonds is 5. The molecular formula is C18H23N3O2S. The van der Waals surface area contributed by atoms with Crippen LogP contribution in [-0.2, 0) is 12.3 Å². The van der Waals surface area contributed by atoms with Crippen molar-refractivity contribution in [2.45, 2.75) is 19.2 Å². The Kier molecular flexibility index (Phi) is 5.58. The molecule has 0 bridgehead atoms. The van der Waals surface area contributed by atoms with Crippen LogP contribution in [0.2, 0.25) is 0 Å². The lowest BCUT2D eigenvalue weighted by molar-refractivity contribution is 0.0595. The van der Waals surface area contributed by atoms with E-state index in [1.54, 1.807) is 17.8 Å². The summed E-state index contributed by atoms with van der Waals surface area (Å²) in [6.45, 7) is 6.10. The summed E-state index contributed by atoms with van der Waals surface area (Å²) < 4.78 is 5.64. The molecule has 1 aliphatic rings. The van der Waals surface area contributed by atoms with Crippen LogP contribution >= 0.6 is 11.8 Å².